The maximum absolute atomic E-state index is 13.8. The Bertz CT molecular complexity index is 1230. The lowest BCUT2D eigenvalue weighted by atomic mass is 10.0. The summed E-state index contributed by atoms with van der Waals surface area (Å²) in [5.41, 5.74) is 3.72. The fourth-order valence-electron chi connectivity index (χ4n) is 3.94. The summed E-state index contributed by atoms with van der Waals surface area (Å²) >= 11 is 1.53. The molecule has 0 aliphatic heterocycles. The van der Waals surface area contributed by atoms with Gasteiger partial charge >= 0.3 is 0 Å². The molecule has 0 aliphatic rings. The summed E-state index contributed by atoms with van der Waals surface area (Å²) in [7, 11) is 0. The molecule has 2 heterocycles. The van der Waals surface area contributed by atoms with E-state index in [2.05, 4.69) is 19.2 Å². The Balaban J connectivity index is 1.68. The van der Waals surface area contributed by atoms with Crippen LogP contribution in [-0.2, 0) is 22.6 Å². The third kappa shape index (κ3) is 6.28. The van der Waals surface area contributed by atoms with Crippen molar-refractivity contribution in [3.8, 4) is 0 Å². The fraction of sp³-hybridized carbons (Fsp3) is 0.241. The third-order valence-corrected chi connectivity index (χ3v) is 6.81. The second kappa shape index (κ2) is 11.2. The highest BCUT2D eigenvalue weighted by Crippen LogP contribution is 2.28. The molecule has 4 aromatic rings. The molecule has 2 aromatic heterocycles. The second-order valence-corrected chi connectivity index (χ2v) is 9.97. The molecular formula is C29H30N2O3S. The van der Waals surface area contributed by atoms with E-state index in [1.54, 1.807) is 17.2 Å². The Morgan fingerprint density at radius 3 is 2.26 bits per heavy atom. The molecule has 0 radical (unpaired) electrons. The molecule has 1 N–H and O–H groups in total. The standard InChI is InChI=1S/C29H30N2O3S/c1-20(2)22-12-14-24(15-13-22)30-29(33)28(23-10-8-21(3)9-11-23)31(19-25-6-4-16-34-25)27(32)18-26-7-5-17-35-26/h4-17,20,28H,18-19H2,1-3H3,(H,30,33)/t28-/m0/s1. The Labute approximate surface area is 210 Å². The smallest absolute Gasteiger partial charge is 0.251 e. The molecular weight excluding hydrogens is 456 g/mol. The number of carbonyl (C=O) groups is 2. The van der Waals surface area contributed by atoms with Crippen molar-refractivity contribution in [3.63, 3.8) is 0 Å². The van der Waals surface area contributed by atoms with Crippen LogP contribution in [0.5, 0.6) is 0 Å². The number of hydrogen-bond donors (Lipinski definition) is 1. The van der Waals surface area contributed by atoms with Crippen LogP contribution in [0.2, 0.25) is 0 Å². The maximum Gasteiger partial charge on any atom is 0.251 e. The molecule has 4 rings (SSSR count). The Morgan fingerprint density at radius 2 is 1.66 bits per heavy atom. The zero-order chi connectivity index (χ0) is 24.8. The van der Waals surface area contributed by atoms with Crippen LogP contribution in [0.15, 0.2) is 88.9 Å². The van der Waals surface area contributed by atoms with Gasteiger partial charge < -0.3 is 14.6 Å². The summed E-state index contributed by atoms with van der Waals surface area (Å²) in [6.45, 7) is 6.45. The van der Waals surface area contributed by atoms with Crippen molar-refractivity contribution in [2.45, 2.75) is 45.7 Å². The molecule has 5 nitrogen and oxygen atoms in total. The molecule has 0 aliphatic carbocycles. The van der Waals surface area contributed by atoms with Gasteiger partial charge in [-0.2, -0.15) is 0 Å². The highest BCUT2D eigenvalue weighted by atomic mass is 32.1. The lowest BCUT2D eigenvalue weighted by molar-refractivity contribution is -0.139. The van der Waals surface area contributed by atoms with Gasteiger partial charge in [0.25, 0.3) is 5.91 Å². The van der Waals surface area contributed by atoms with Crippen LogP contribution in [0.1, 0.15) is 53.1 Å². The van der Waals surface area contributed by atoms with Crippen LogP contribution < -0.4 is 5.32 Å². The third-order valence-electron chi connectivity index (χ3n) is 5.93. The summed E-state index contributed by atoms with van der Waals surface area (Å²) in [5.74, 6) is 0.617. The SMILES string of the molecule is Cc1ccc([C@@H](C(=O)Nc2ccc(C(C)C)cc2)N(Cc2ccco2)C(=O)Cc2cccs2)cc1. The number of furan rings is 1. The lowest BCUT2D eigenvalue weighted by Crippen LogP contribution is -2.41. The number of rotatable bonds is 9. The van der Waals surface area contributed by atoms with Gasteiger partial charge in [0.05, 0.1) is 19.2 Å². The van der Waals surface area contributed by atoms with E-state index in [9.17, 15) is 9.59 Å². The summed E-state index contributed by atoms with van der Waals surface area (Å²) < 4.78 is 5.57. The maximum atomic E-state index is 13.8. The van der Waals surface area contributed by atoms with Crippen LogP contribution >= 0.6 is 11.3 Å². The highest BCUT2D eigenvalue weighted by Gasteiger charge is 2.32. The van der Waals surface area contributed by atoms with Crippen molar-refractivity contribution in [2.24, 2.45) is 0 Å². The van der Waals surface area contributed by atoms with E-state index < -0.39 is 6.04 Å². The summed E-state index contributed by atoms with van der Waals surface area (Å²) in [5, 5.41) is 4.98. The first kappa shape index (κ1) is 24.5. The Morgan fingerprint density at radius 1 is 0.943 bits per heavy atom. The van der Waals surface area contributed by atoms with Crippen molar-refractivity contribution in [1.82, 2.24) is 4.90 Å². The average Bonchev–Trinajstić information content (AvgIpc) is 3.54. The number of nitrogens with zero attached hydrogens (tertiary/aromatic N) is 1. The molecule has 2 aromatic carbocycles. The molecule has 1 atom stereocenters. The summed E-state index contributed by atoms with van der Waals surface area (Å²) in [6.07, 6.45) is 1.80. The molecule has 6 heteroatoms. The number of anilines is 1. The minimum atomic E-state index is -0.821. The van der Waals surface area contributed by atoms with Crippen molar-refractivity contribution < 1.29 is 14.0 Å². The Kier molecular flexibility index (Phi) is 7.83. The van der Waals surface area contributed by atoms with E-state index in [-0.39, 0.29) is 24.8 Å². The van der Waals surface area contributed by atoms with E-state index >= 15 is 0 Å². The van der Waals surface area contributed by atoms with Crippen LogP contribution in [0, 0.1) is 6.92 Å². The van der Waals surface area contributed by atoms with Gasteiger partial charge in [-0.05, 0) is 59.7 Å². The molecule has 0 fully saturated rings. The van der Waals surface area contributed by atoms with Crippen molar-refractivity contribution >= 4 is 28.8 Å². The van der Waals surface area contributed by atoms with Gasteiger partial charge in [-0.25, -0.2) is 0 Å². The molecule has 0 bridgehead atoms. The van der Waals surface area contributed by atoms with Gasteiger partial charge in [-0.3, -0.25) is 9.59 Å². The number of thiophene rings is 1. The molecule has 0 saturated heterocycles. The van der Waals surface area contributed by atoms with E-state index in [1.807, 2.05) is 79.0 Å². The van der Waals surface area contributed by atoms with Crippen LogP contribution in [0.4, 0.5) is 5.69 Å². The minimum absolute atomic E-state index is 0.139. The van der Waals surface area contributed by atoms with Crippen LogP contribution in [0.3, 0.4) is 0 Å². The lowest BCUT2D eigenvalue weighted by Gasteiger charge is -2.31. The molecule has 0 saturated carbocycles. The van der Waals surface area contributed by atoms with Crippen molar-refractivity contribution in [3.05, 3.63) is 112 Å². The number of carbonyl (C=O) groups excluding carboxylic acids is 2. The van der Waals surface area contributed by atoms with E-state index in [0.717, 1.165) is 16.0 Å². The van der Waals surface area contributed by atoms with E-state index in [4.69, 9.17) is 4.42 Å². The molecule has 2 amide bonds. The second-order valence-electron chi connectivity index (χ2n) is 8.94. The predicted octanol–water partition coefficient (Wildman–Crippen LogP) is 6.72. The van der Waals surface area contributed by atoms with Crippen LogP contribution in [-0.4, -0.2) is 16.7 Å². The summed E-state index contributed by atoms with van der Waals surface area (Å²) in [6, 6.07) is 22.2. The fourth-order valence-corrected chi connectivity index (χ4v) is 4.64. The van der Waals surface area contributed by atoms with Gasteiger partial charge in [-0.15, -0.1) is 11.3 Å². The first-order valence-corrected chi connectivity index (χ1v) is 12.6. The highest BCUT2D eigenvalue weighted by molar-refractivity contribution is 7.10. The Hall–Kier alpha value is -3.64. The van der Waals surface area contributed by atoms with Gasteiger partial charge in [0.15, 0.2) is 0 Å². The minimum Gasteiger partial charge on any atom is -0.467 e. The van der Waals surface area contributed by atoms with E-state index in [0.29, 0.717) is 17.4 Å². The van der Waals surface area contributed by atoms with Gasteiger partial charge in [0.2, 0.25) is 5.91 Å². The summed E-state index contributed by atoms with van der Waals surface area (Å²) in [4.78, 5) is 29.9. The van der Waals surface area contributed by atoms with Crippen molar-refractivity contribution in [1.29, 1.82) is 0 Å². The number of benzene rings is 2. The predicted molar refractivity (Wildman–Crippen MR) is 140 cm³/mol. The van der Waals surface area contributed by atoms with E-state index in [1.165, 1.54) is 16.9 Å². The first-order valence-electron chi connectivity index (χ1n) is 11.7. The number of aryl methyl sites for hydroxylation is 1. The molecule has 0 unspecified atom stereocenters. The zero-order valence-corrected chi connectivity index (χ0v) is 21.0. The van der Waals surface area contributed by atoms with Gasteiger partial charge in [0.1, 0.15) is 11.8 Å². The molecule has 0 spiro atoms. The van der Waals surface area contributed by atoms with Gasteiger partial charge in [0, 0.05) is 10.6 Å². The van der Waals surface area contributed by atoms with Gasteiger partial charge in [-0.1, -0.05) is 61.9 Å². The largest absolute Gasteiger partial charge is 0.467 e. The van der Waals surface area contributed by atoms with Crippen LogP contribution in [0.25, 0.3) is 0 Å². The normalized spacial score (nSPS) is 11.9. The topological polar surface area (TPSA) is 62.6 Å². The number of nitrogens with one attached hydrogen (secondary N) is 1. The molecule has 180 valence electrons. The number of hydrogen-bond acceptors (Lipinski definition) is 4. The first-order chi connectivity index (χ1) is 16.9. The number of amides is 2. The quantitative estimate of drug-likeness (QED) is 0.285. The molecule has 35 heavy (non-hydrogen) atoms. The average molecular weight is 487 g/mol. The monoisotopic (exact) mass is 486 g/mol. The zero-order valence-electron chi connectivity index (χ0n) is 20.2. The van der Waals surface area contributed by atoms with Crippen molar-refractivity contribution in [2.75, 3.05) is 5.32 Å².